The van der Waals surface area contributed by atoms with Crippen molar-refractivity contribution in [3.63, 3.8) is 0 Å². The highest BCUT2D eigenvalue weighted by Crippen LogP contribution is 2.39. The van der Waals surface area contributed by atoms with Crippen molar-refractivity contribution in [2.45, 2.75) is 6.04 Å². The Bertz CT molecular complexity index is 542. The van der Waals surface area contributed by atoms with Gasteiger partial charge in [-0.25, -0.2) is 0 Å². The van der Waals surface area contributed by atoms with E-state index >= 15 is 0 Å². The predicted octanol–water partition coefficient (Wildman–Crippen LogP) is 3.29. The Morgan fingerprint density at radius 3 is 2.76 bits per heavy atom. The molecule has 0 bridgehead atoms. The number of halogens is 1. The number of hydrogen-bond acceptors (Lipinski definition) is 4. The Kier molecular flexibility index (Phi) is 2.82. The van der Waals surface area contributed by atoms with Crippen LogP contribution in [-0.2, 0) is 0 Å². The number of benzene rings is 1. The van der Waals surface area contributed by atoms with Gasteiger partial charge in [0.2, 0.25) is 6.79 Å². The van der Waals surface area contributed by atoms with Crippen LogP contribution in [0.4, 0.5) is 0 Å². The predicted molar refractivity (Wildman–Crippen MR) is 70.6 cm³/mol. The first-order valence-corrected chi connectivity index (χ1v) is 6.86. The first kappa shape index (κ1) is 11.1. The van der Waals surface area contributed by atoms with Gasteiger partial charge in [-0.15, -0.1) is 0 Å². The molecule has 5 heteroatoms. The van der Waals surface area contributed by atoms with Gasteiger partial charge in [0.05, 0.1) is 6.04 Å². The van der Waals surface area contributed by atoms with Crippen LogP contribution in [0.1, 0.15) is 17.2 Å². The Labute approximate surface area is 111 Å². The quantitative estimate of drug-likeness (QED) is 0.925. The second kappa shape index (κ2) is 4.33. The van der Waals surface area contributed by atoms with Crippen molar-refractivity contribution in [1.82, 2.24) is 0 Å². The van der Waals surface area contributed by atoms with Crippen LogP contribution >= 0.6 is 27.3 Å². The molecule has 2 heterocycles. The molecule has 0 saturated heterocycles. The monoisotopic (exact) mass is 311 g/mol. The molecule has 17 heavy (non-hydrogen) atoms. The molecule has 2 aromatic rings. The molecule has 0 amide bonds. The summed E-state index contributed by atoms with van der Waals surface area (Å²) >= 11 is 5.17. The topological polar surface area (TPSA) is 44.5 Å². The second-order valence-corrected chi connectivity index (χ2v) is 5.40. The second-order valence-electron chi connectivity index (χ2n) is 3.76. The van der Waals surface area contributed by atoms with E-state index in [1.807, 2.05) is 23.6 Å². The van der Waals surface area contributed by atoms with E-state index in [9.17, 15) is 0 Å². The lowest BCUT2D eigenvalue weighted by molar-refractivity contribution is 0.174. The molecule has 0 saturated carbocycles. The van der Waals surface area contributed by atoms with E-state index in [0.717, 1.165) is 27.1 Å². The molecule has 1 atom stereocenters. The van der Waals surface area contributed by atoms with E-state index in [1.165, 1.54) is 0 Å². The van der Waals surface area contributed by atoms with Crippen molar-refractivity contribution in [1.29, 1.82) is 0 Å². The molecule has 0 aliphatic carbocycles. The maximum absolute atomic E-state index is 6.24. The zero-order chi connectivity index (χ0) is 11.8. The minimum Gasteiger partial charge on any atom is -0.454 e. The SMILES string of the molecule is N[C@@H](c1ccsc1)c1cc2c(cc1Br)OCO2. The Morgan fingerprint density at radius 2 is 2.06 bits per heavy atom. The highest BCUT2D eigenvalue weighted by molar-refractivity contribution is 9.10. The maximum atomic E-state index is 6.24. The van der Waals surface area contributed by atoms with Crippen molar-refractivity contribution >= 4 is 27.3 Å². The molecular weight excluding hydrogens is 302 g/mol. The van der Waals surface area contributed by atoms with Crippen LogP contribution in [0.15, 0.2) is 33.4 Å². The lowest BCUT2D eigenvalue weighted by Crippen LogP contribution is -2.11. The van der Waals surface area contributed by atoms with E-state index in [-0.39, 0.29) is 12.8 Å². The lowest BCUT2D eigenvalue weighted by Gasteiger charge is -2.13. The first-order chi connectivity index (χ1) is 8.25. The van der Waals surface area contributed by atoms with Crippen LogP contribution in [0, 0.1) is 0 Å². The van der Waals surface area contributed by atoms with Gasteiger partial charge in [-0.1, -0.05) is 15.9 Å². The fraction of sp³-hybridized carbons (Fsp3) is 0.167. The zero-order valence-electron chi connectivity index (χ0n) is 8.85. The van der Waals surface area contributed by atoms with Crippen LogP contribution < -0.4 is 15.2 Å². The van der Waals surface area contributed by atoms with Gasteiger partial charge in [0.25, 0.3) is 0 Å². The van der Waals surface area contributed by atoms with E-state index in [4.69, 9.17) is 15.2 Å². The largest absolute Gasteiger partial charge is 0.454 e. The summed E-state index contributed by atoms with van der Waals surface area (Å²) in [5.41, 5.74) is 8.35. The van der Waals surface area contributed by atoms with E-state index in [0.29, 0.717) is 0 Å². The van der Waals surface area contributed by atoms with Crippen LogP contribution in [0.2, 0.25) is 0 Å². The van der Waals surface area contributed by atoms with E-state index in [1.54, 1.807) is 11.3 Å². The third-order valence-corrected chi connectivity index (χ3v) is 4.12. The third kappa shape index (κ3) is 1.94. The molecule has 1 aliphatic rings. The van der Waals surface area contributed by atoms with Crippen LogP contribution in [0.25, 0.3) is 0 Å². The summed E-state index contributed by atoms with van der Waals surface area (Å²) in [5.74, 6) is 1.52. The molecule has 1 aliphatic heterocycles. The summed E-state index contributed by atoms with van der Waals surface area (Å²) in [6, 6.07) is 5.73. The summed E-state index contributed by atoms with van der Waals surface area (Å²) in [4.78, 5) is 0. The average Bonchev–Trinajstić information content (AvgIpc) is 2.97. The van der Waals surface area contributed by atoms with Gasteiger partial charge in [0.15, 0.2) is 11.5 Å². The first-order valence-electron chi connectivity index (χ1n) is 5.12. The third-order valence-electron chi connectivity index (χ3n) is 2.73. The number of hydrogen-bond donors (Lipinski definition) is 1. The summed E-state index contributed by atoms with van der Waals surface area (Å²) in [7, 11) is 0. The minimum absolute atomic E-state index is 0.148. The Balaban J connectivity index is 2.03. The van der Waals surface area contributed by atoms with Gasteiger partial charge in [-0.3, -0.25) is 0 Å². The molecule has 0 unspecified atom stereocenters. The highest BCUT2D eigenvalue weighted by atomic mass is 79.9. The fourth-order valence-corrected chi connectivity index (χ4v) is 3.07. The van der Waals surface area contributed by atoms with Crippen molar-refractivity contribution < 1.29 is 9.47 Å². The van der Waals surface area contributed by atoms with Crippen molar-refractivity contribution in [3.8, 4) is 11.5 Å². The highest BCUT2D eigenvalue weighted by Gasteiger charge is 2.20. The number of ether oxygens (including phenoxy) is 2. The van der Waals surface area contributed by atoms with Gasteiger partial charge in [-0.05, 0) is 40.1 Å². The average molecular weight is 312 g/mol. The van der Waals surface area contributed by atoms with E-state index < -0.39 is 0 Å². The number of rotatable bonds is 2. The standard InChI is InChI=1S/C12H10BrNO2S/c13-9-4-11-10(15-6-16-11)3-8(9)12(14)7-1-2-17-5-7/h1-5,12H,6,14H2/t12-/m0/s1. The smallest absolute Gasteiger partial charge is 0.231 e. The fourth-order valence-electron chi connectivity index (χ4n) is 1.80. The summed E-state index contributed by atoms with van der Waals surface area (Å²) in [5, 5.41) is 4.08. The molecular formula is C12H10BrNO2S. The Morgan fingerprint density at radius 1 is 1.29 bits per heavy atom. The molecule has 0 spiro atoms. The van der Waals surface area contributed by atoms with Crippen molar-refractivity contribution in [2.24, 2.45) is 5.73 Å². The molecule has 1 aromatic carbocycles. The van der Waals surface area contributed by atoms with Crippen molar-refractivity contribution in [3.05, 3.63) is 44.6 Å². The van der Waals surface area contributed by atoms with Crippen LogP contribution in [-0.4, -0.2) is 6.79 Å². The molecule has 88 valence electrons. The molecule has 3 nitrogen and oxygen atoms in total. The molecule has 0 radical (unpaired) electrons. The maximum Gasteiger partial charge on any atom is 0.231 e. The number of fused-ring (bicyclic) bond motifs is 1. The zero-order valence-corrected chi connectivity index (χ0v) is 11.3. The van der Waals surface area contributed by atoms with Crippen LogP contribution in [0.3, 0.4) is 0 Å². The molecule has 0 fully saturated rings. The number of nitrogens with two attached hydrogens (primary N) is 1. The number of thiophene rings is 1. The Hall–Kier alpha value is -1.04. The lowest BCUT2D eigenvalue weighted by atomic mass is 10.0. The van der Waals surface area contributed by atoms with Crippen LogP contribution in [0.5, 0.6) is 11.5 Å². The van der Waals surface area contributed by atoms with Gasteiger partial charge in [0, 0.05) is 4.47 Å². The normalized spacial score (nSPS) is 14.9. The van der Waals surface area contributed by atoms with Gasteiger partial charge in [-0.2, -0.15) is 11.3 Å². The molecule has 1 aromatic heterocycles. The molecule has 3 rings (SSSR count). The van der Waals surface area contributed by atoms with E-state index in [2.05, 4.69) is 21.3 Å². The van der Waals surface area contributed by atoms with Gasteiger partial charge >= 0.3 is 0 Å². The summed E-state index contributed by atoms with van der Waals surface area (Å²) < 4.78 is 11.6. The minimum atomic E-state index is -0.148. The molecule has 2 N–H and O–H groups in total. The van der Waals surface area contributed by atoms with Gasteiger partial charge in [0.1, 0.15) is 0 Å². The summed E-state index contributed by atoms with van der Waals surface area (Å²) in [6.45, 7) is 0.277. The summed E-state index contributed by atoms with van der Waals surface area (Å²) in [6.07, 6.45) is 0. The van der Waals surface area contributed by atoms with Gasteiger partial charge < -0.3 is 15.2 Å². The van der Waals surface area contributed by atoms with Crippen molar-refractivity contribution in [2.75, 3.05) is 6.79 Å².